The average molecular weight is 487 g/mol. The number of anilines is 1. The Balaban J connectivity index is 1.19. The molecule has 1 aliphatic heterocycles. The van der Waals surface area contributed by atoms with E-state index in [4.69, 9.17) is 10.7 Å². The van der Waals surface area contributed by atoms with Crippen LogP contribution < -0.4 is 16.0 Å². The molecule has 0 bridgehead atoms. The number of amides is 1. The first-order valence-corrected chi connectivity index (χ1v) is 12.5. The van der Waals surface area contributed by atoms with Crippen LogP contribution in [-0.2, 0) is 6.42 Å². The summed E-state index contributed by atoms with van der Waals surface area (Å²) in [6.07, 6.45) is 6.38. The summed E-state index contributed by atoms with van der Waals surface area (Å²) in [5.41, 5.74) is 11.1. The van der Waals surface area contributed by atoms with Gasteiger partial charge >= 0.3 is 0 Å². The number of fused-ring (bicyclic) bond motifs is 2. The van der Waals surface area contributed by atoms with E-state index >= 15 is 0 Å². The number of nitrogens with one attached hydrogen (secondary N) is 2. The molecule has 0 radical (unpaired) electrons. The number of carbonyl (C=O) groups excluding carboxylic acids is 1. The van der Waals surface area contributed by atoms with Crippen molar-refractivity contribution < 1.29 is 4.79 Å². The van der Waals surface area contributed by atoms with Crippen molar-refractivity contribution in [1.82, 2.24) is 30.2 Å². The second-order valence-electron chi connectivity index (χ2n) is 9.17. The number of aromatic nitrogens is 5. The Labute approximate surface area is 207 Å². The van der Waals surface area contributed by atoms with Crippen LogP contribution in [-0.4, -0.2) is 51.0 Å². The number of benzene rings is 1. The van der Waals surface area contributed by atoms with E-state index in [1.54, 1.807) is 25.5 Å². The van der Waals surface area contributed by atoms with E-state index in [0.717, 1.165) is 38.3 Å². The van der Waals surface area contributed by atoms with E-state index in [2.05, 4.69) is 54.4 Å². The summed E-state index contributed by atoms with van der Waals surface area (Å²) >= 11 is 1.35. The molecule has 1 aromatic carbocycles. The van der Waals surface area contributed by atoms with Gasteiger partial charge in [0, 0.05) is 37.3 Å². The Kier molecular flexibility index (Phi) is 5.42. The third-order valence-electron chi connectivity index (χ3n) is 7.25. The van der Waals surface area contributed by atoms with Gasteiger partial charge in [-0.2, -0.15) is 4.98 Å². The van der Waals surface area contributed by atoms with Crippen LogP contribution in [0.1, 0.15) is 40.5 Å². The monoisotopic (exact) mass is 486 g/mol. The van der Waals surface area contributed by atoms with Gasteiger partial charge in [-0.05, 0) is 47.9 Å². The number of pyridine rings is 1. The van der Waals surface area contributed by atoms with Gasteiger partial charge in [-0.1, -0.05) is 36.0 Å². The number of nitrogens with two attached hydrogens (primary N) is 1. The summed E-state index contributed by atoms with van der Waals surface area (Å²) in [7, 11) is 1.59. The molecule has 1 aliphatic carbocycles. The Hall–Kier alpha value is -3.50. The number of hydrogen-bond donors (Lipinski definition) is 3. The minimum Gasteiger partial charge on any atom is -0.354 e. The lowest BCUT2D eigenvalue weighted by molar-refractivity contribution is 0.0955. The van der Waals surface area contributed by atoms with E-state index in [9.17, 15) is 4.79 Å². The first-order chi connectivity index (χ1) is 17.1. The molecule has 0 unspecified atom stereocenters. The quantitative estimate of drug-likeness (QED) is 0.402. The maximum Gasteiger partial charge on any atom is 0.270 e. The maximum absolute atomic E-state index is 12.1. The molecule has 0 saturated carbocycles. The van der Waals surface area contributed by atoms with Crippen LogP contribution in [0.25, 0.3) is 11.3 Å². The molecular weight excluding hydrogens is 460 g/mol. The number of hydrogen-bond acceptors (Lipinski definition) is 8. The zero-order valence-corrected chi connectivity index (χ0v) is 20.2. The zero-order valence-electron chi connectivity index (χ0n) is 19.4. The SMILES string of the molecule is CNC(=O)c1ncccc1Sc1cnc2[nH]c(N3CCC4(CC3)Cc3ccccc3[C@H]4N)nc2n1. The molecule has 35 heavy (non-hydrogen) atoms. The van der Waals surface area contributed by atoms with Crippen LogP contribution in [0.2, 0.25) is 0 Å². The fourth-order valence-corrected chi connectivity index (χ4v) is 6.16. The highest BCUT2D eigenvalue weighted by Crippen LogP contribution is 2.50. The molecule has 1 amide bonds. The third kappa shape index (κ3) is 3.82. The van der Waals surface area contributed by atoms with Crippen LogP contribution in [0.4, 0.5) is 5.95 Å². The van der Waals surface area contributed by atoms with Crippen LogP contribution in [0.3, 0.4) is 0 Å². The molecule has 10 heteroatoms. The fourth-order valence-electron chi connectivity index (χ4n) is 5.31. The molecule has 4 aromatic rings. The van der Waals surface area contributed by atoms with E-state index in [-0.39, 0.29) is 17.4 Å². The van der Waals surface area contributed by atoms with Crippen molar-refractivity contribution in [2.24, 2.45) is 11.1 Å². The minimum atomic E-state index is -0.239. The van der Waals surface area contributed by atoms with Crippen molar-refractivity contribution in [3.05, 3.63) is 65.6 Å². The van der Waals surface area contributed by atoms with Gasteiger partial charge in [0.05, 0.1) is 6.20 Å². The van der Waals surface area contributed by atoms with Crippen molar-refractivity contribution in [1.29, 1.82) is 0 Å². The fraction of sp³-hybridized carbons (Fsp3) is 0.320. The summed E-state index contributed by atoms with van der Waals surface area (Å²) in [5.74, 6) is 0.547. The molecule has 1 fully saturated rings. The molecule has 4 heterocycles. The summed E-state index contributed by atoms with van der Waals surface area (Å²) in [4.78, 5) is 36.6. The predicted molar refractivity (Wildman–Crippen MR) is 134 cm³/mol. The van der Waals surface area contributed by atoms with Crippen molar-refractivity contribution in [3.8, 4) is 0 Å². The molecular formula is C25H26N8OS. The first kappa shape index (κ1) is 22.0. The second-order valence-corrected chi connectivity index (χ2v) is 10.2. The second kappa shape index (κ2) is 8.62. The van der Waals surface area contributed by atoms with Gasteiger partial charge in [0.15, 0.2) is 11.3 Å². The van der Waals surface area contributed by atoms with Gasteiger partial charge in [-0.15, -0.1) is 0 Å². The Morgan fingerprint density at radius 1 is 1.17 bits per heavy atom. The van der Waals surface area contributed by atoms with Crippen molar-refractivity contribution in [2.75, 3.05) is 25.0 Å². The summed E-state index contributed by atoms with van der Waals surface area (Å²) in [5, 5.41) is 3.27. The standard InChI is InChI=1S/C25H26N8OS/c1-27-23(34)19-17(7-4-10-28-19)35-18-14-29-21-22(30-18)32-24(31-21)33-11-8-25(9-12-33)13-15-5-2-3-6-16(15)20(25)26/h2-7,10,14,20H,8-9,11-13,26H2,1H3,(H,27,34)(H,29,30,31,32)/t20-/m1/s1. The van der Waals surface area contributed by atoms with Crippen molar-refractivity contribution >= 4 is 34.9 Å². The van der Waals surface area contributed by atoms with Gasteiger partial charge in [0.2, 0.25) is 5.95 Å². The number of rotatable bonds is 4. The van der Waals surface area contributed by atoms with Gasteiger partial charge in [0.1, 0.15) is 10.7 Å². The highest BCUT2D eigenvalue weighted by atomic mass is 32.2. The van der Waals surface area contributed by atoms with Gasteiger partial charge in [-0.25, -0.2) is 15.0 Å². The lowest BCUT2D eigenvalue weighted by Gasteiger charge is -2.42. The summed E-state index contributed by atoms with van der Waals surface area (Å²) in [6.45, 7) is 1.77. The third-order valence-corrected chi connectivity index (χ3v) is 8.21. The lowest BCUT2D eigenvalue weighted by atomic mass is 9.73. The van der Waals surface area contributed by atoms with E-state index in [1.807, 2.05) is 6.07 Å². The van der Waals surface area contributed by atoms with E-state index < -0.39 is 0 Å². The number of imidazole rings is 1. The first-order valence-electron chi connectivity index (χ1n) is 11.7. The van der Waals surface area contributed by atoms with Gasteiger partial charge in [-0.3, -0.25) is 4.79 Å². The minimum absolute atomic E-state index is 0.0894. The topological polar surface area (TPSA) is 126 Å². The number of H-pyrrole nitrogens is 1. The molecule has 1 atom stereocenters. The smallest absolute Gasteiger partial charge is 0.270 e. The molecule has 4 N–H and O–H groups in total. The molecule has 2 aliphatic rings. The van der Waals surface area contributed by atoms with E-state index in [1.165, 1.54) is 22.9 Å². The number of nitrogens with zero attached hydrogens (tertiary/aromatic N) is 5. The largest absolute Gasteiger partial charge is 0.354 e. The molecule has 3 aromatic heterocycles. The van der Waals surface area contributed by atoms with Crippen molar-refractivity contribution in [3.63, 3.8) is 0 Å². The Morgan fingerprint density at radius 3 is 2.80 bits per heavy atom. The Morgan fingerprint density at radius 2 is 2.00 bits per heavy atom. The van der Waals surface area contributed by atoms with Crippen LogP contribution in [0.15, 0.2) is 58.7 Å². The number of carbonyl (C=O) groups is 1. The summed E-state index contributed by atoms with van der Waals surface area (Å²) < 4.78 is 0. The lowest BCUT2D eigenvalue weighted by Crippen LogP contribution is -2.44. The maximum atomic E-state index is 12.1. The number of piperidine rings is 1. The predicted octanol–water partition coefficient (Wildman–Crippen LogP) is 3.10. The molecule has 1 saturated heterocycles. The van der Waals surface area contributed by atoms with E-state index in [0.29, 0.717) is 26.9 Å². The van der Waals surface area contributed by atoms with Gasteiger partial charge in [0.25, 0.3) is 5.91 Å². The number of aromatic amines is 1. The zero-order chi connectivity index (χ0) is 24.0. The molecule has 1 spiro atoms. The van der Waals surface area contributed by atoms with Crippen molar-refractivity contribution in [2.45, 2.75) is 35.2 Å². The molecule has 6 rings (SSSR count). The molecule has 178 valence electrons. The van der Waals surface area contributed by atoms with Crippen LogP contribution in [0.5, 0.6) is 0 Å². The highest BCUT2D eigenvalue weighted by Gasteiger charge is 2.46. The Bertz CT molecular complexity index is 1410. The molecule has 9 nitrogen and oxygen atoms in total. The van der Waals surface area contributed by atoms with Crippen LogP contribution in [0, 0.1) is 5.41 Å². The van der Waals surface area contributed by atoms with Crippen LogP contribution >= 0.6 is 11.8 Å². The highest BCUT2D eigenvalue weighted by molar-refractivity contribution is 7.99. The summed E-state index contributed by atoms with van der Waals surface area (Å²) in [6, 6.07) is 12.3. The normalized spacial score (nSPS) is 18.7. The van der Waals surface area contributed by atoms with Gasteiger partial charge < -0.3 is 20.9 Å². The average Bonchev–Trinajstić information content (AvgIpc) is 3.43.